The topological polar surface area (TPSA) is 70.3 Å². The third-order valence-electron chi connectivity index (χ3n) is 3.75. The molecule has 0 spiro atoms. The van der Waals surface area contributed by atoms with E-state index < -0.39 is 0 Å². The molecule has 0 aliphatic heterocycles. The maximum Gasteiger partial charge on any atom is 0.242 e. The van der Waals surface area contributed by atoms with Gasteiger partial charge in [0, 0.05) is 23.9 Å². The van der Waals surface area contributed by atoms with Crippen molar-refractivity contribution in [3.05, 3.63) is 38.5 Å². The number of aromatic nitrogens is 2. The Balaban J connectivity index is 2.06. The van der Waals surface area contributed by atoms with Crippen molar-refractivity contribution in [2.75, 3.05) is 12.8 Å². The van der Waals surface area contributed by atoms with Crippen LogP contribution in [0.4, 0.5) is 5.69 Å². The zero-order valence-electron chi connectivity index (χ0n) is 12.3. The van der Waals surface area contributed by atoms with E-state index in [-0.39, 0.29) is 6.10 Å². The highest BCUT2D eigenvalue weighted by molar-refractivity contribution is 6.37. The van der Waals surface area contributed by atoms with Crippen molar-refractivity contribution in [2.45, 2.75) is 25.4 Å². The number of benzene rings is 1. The molecule has 0 amide bonds. The molecule has 23 heavy (non-hydrogen) atoms. The molecule has 1 atom stereocenters. The van der Waals surface area contributed by atoms with Crippen molar-refractivity contribution in [3.8, 4) is 11.6 Å². The molecule has 0 saturated carbocycles. The summed E-state index contributed by atoms with van der Waals surface area (Å²) in [6, 6.07) is 3.13. The Kier molecular flexibility index (Phi) is 4.82. The molecular weight excluding hydrogens is 361 g/mol. The highest BCUT2D eigenvalue weighted by Crippen LogP contribution is 2.43. The predicted molar refractivity (Wildman–Crippen MR) is 90.7 cm³/mol. The van der Waals surface area contributed by atoms with Crippen LogP contribution in [0.3, 0.4) is 0 Å². The number of nitrogen functional groups attached to an aromatic ring is 1. The van der Waals surface area contributed by atoms with Gasteiger partial charge in [-0.1, -0.05) is 34.8 Å². The van der Waals surface area contributed by atoms with Crippen molar-refractivity contribution in [2.24, 2.45) is 0 Å². The third-order valence-corrected chi connectivity index (χ3v) is 4.59. The Morgan fingerprint density at radius 2 is 1.87 bits per heavy atom. The molecule has 0 bridgehead atoms. The van der Waals surface area contributed by atoms with Gasteiger partial charge in [-0.05, 0) is 31.4 Å². The number of hydrogen-bond acceptors (Lipinski definition) is 5. The predicted octanol–water partition coefficient (Wildman–Crippen LogP) is 4.84. The summed E-state index contributed by atoms with van der Waals surface area (Å²) in [5.41, 5.74) is 7.84. The first-order valence-corrected chi connectivity index (χ1v) is 8.14. The Labute approximate surface area is 148 Å². The lowest BCUT2D eigenvalue weighted by Gasteiger charge is -2.25. The SMILES string of the molecule is COC1CCCc2c(Oc3c(Cl)cc(N)cc3Cl)nnc(Cl)c21. The molecule has 2 aromatic rings. The van der Waals surface area contributed by atoms with Crippen LogP contribution in [0.5, 0.6) is 11.6 Å². The quantitative estimate of drug-likeness (QED) is 0.779. The molecule has 3 rings (SSSR count). The number of ether oxygens (including phenoxy) is 2. The summed E-state index contributed by atoms with van der Waals surface area (Å²) in [5.74, 6) is 0.626. The van der Waals surface area contributed by atoms with Gasteiger partial charge in [0.25, 0.3) is 0 Å². The van der Waals surface area contributed by atoms with Crippen molar-refractivity contribution >= 4 is 40.5 Å². The summed E-state index contributed by atoms with van der Waals surface area (Å²) in [7, 11) is 1.64. The molecule has 1 heterocycles. The maximum absolute atomic E-state index is 6.20. The van der Waals surface area contributed by atoms with Crippen LogP contribution >= 0.6 is 34.8 Å². The van der Waals surface area contributed by atoms with Crippen molar-refractivity contribution < 1.29 is 9.47 Å². The third kappa shape index (κ3) is 3.19. The van der Waals surface area contributed by atoms with E-state index in [9.17, 15) is 0 Å². The molecule has 0 saturated heterocycles. The lowest BCUT2D eigenvalue weighted by atomic mass is 9.91. The molecule has 1 unspecified atom stereocenters. The fourth-order valence-electron chi connectivity index (χ4n) is 2.71. The molecule has 1 aromatic heterocycles. The number of anilines is 1. The van der Waals surface area contributed by atoms with E-state index in [1.165, 1.54) is 0 Å². The molecule has 0 radical (unpaired) electrons. The molecule has 122 valence electrons. The first-order valence-electron chi connectivity index (χ1n) is 7.01. The van der Waals surface area contributed by atoms with Crippen LogP contribution in [-0.4, -0.2) is 17.3 Å². The number of nitrogens with two attached hydrogens (primary N) is 1. The molecule has 5 nitrogen and oxygen atoms in total. The van der Waals surface area contributed by atoms with Gasteiger partial charge in [0.05, 0.1) is 16.1 Å². The van der Waals surface area contributed by atoms with Crippen molar-refractivity contribution in [1.82, 2.24) is 10.2 Å². The van der Waals surface area contributed by atoms with E-state index in [4.69, 9.17) is 50.0 Å². The zero-order chi connectivity index (χ0) is 16.6. The smallest absolute Gasteiger partial charge is 0.242 e. The van der Waals surface area contributed by atoms with Gasteiger partial charge in [-0.2, -0.15) is 0 Å². The van der Waals surface area contributed by atoms with Crippen LogP contribution in [0, 0.1) is 0 Å². The highest BCUT2D eigenvalue weighted by Gasteiger charge is 2.28. The maximum atomic E-state index is 6.20. The summed E-state index contributed by atoms with van der Waals surface area (Å²) in [6.45, 7) is 0. The fourth-order valence-corrected chi connectivity index (χ4v) is 3.57. The normalized spacial score (nSPS) is 17.0. The van der Waals surface area contributed by atoms with Crippen LogP contribution in [0.15, 0.2) is 12.1 Å². The number of nitrogens with zero attached hydrogens (tertiary/aromatic N) is 2. The van der Waals surface area contributed by atoms with Gasteiger partial charge in [0.2, 0.25) is 5.88 Å². The monoisotopic (exact) mass is 373 g/mol. The number of halogens is 3. The van der Waals surface area contributed by atoms with Gasteiger partial charge in [0.1, 0.15) is 0 Å². The minimum absolute atomic E-state index is 0.124. The van der Waals surface area contributed by atoms with E-state index in [0.29, 0.717) is 32.5 Å². The molecule has 0 fully saturated rings. The summed E-state index contributed by atoms with van der Waals surface area (Å²) >= 11 is 18.5. The van der Waals surface area contributed by atoms with E-state index >= 15 is 0 Å². The second-order valence-electron chi connectivity index (χ2n) is 5.22. The summed E-state index contributed by atoms with van der Waals surface area (Å²) in [6.07, 6.45) is 2.45. The first kappa shape index (κ1) is 16.6. The van der Waals surface area contributed by atoms with Crippen LogP contribution in [-0.2, 0) is 11.2 Å². The minimum Gasteiger partial charge on any atom is -0.434 e. The standard InChI is InChI=1S/C15H14Cl3N3O2/c1-22-11-4-2-3-8-12(11)14(18)20-21-15(8)23-13-9(16)5-7(19)6-10(13)17/h5-6,11H,2-4,19H2,1H3. The second-order valence-corrected chi connectivity index (χ2v) is 6.39. The molecular formula is C15H14Cl3N3O2. The van der Waals surface area contributed by atoms with Gasteiger partial charge in [-0.15, -0.1) is 10.2 Å². The fraction of sp³-hybridized carbons (Fsp3) is 0.333. The van der Waals surface area contributed by atoms with Gasteiger partial charge in [0.15, 0.2) is 10.9 Å². The van der Waals surface area contributed by atoms with E-state index in [2.05, 4.69) is 10.2 Å². The van der Waals surface area contributed by atoms with Crippen LogP contribution in [0.1, 0.15) is 30.1 Å². The van der Waals surface area contributed by atoms with Crippen molar-refractivity contribution in [1.29, 1.82) is 0 Å². The number of rotatable bonds is 3. The summed E-state index contributed by atoms with van der Waals surface area (Å²) < 4.78 is 11.3. The number of fused-ring (bicyclic) bond motifs is 1. The van der Waals surface area contributed by atoms with E-state index in [1.54, 1.807) is 19.2 Å². The largest absolute Gasteiger partial charge is 0.434 e. The average molecular weight is 375 g/mol. The van der Waals surface area contributed by atoms with Crippen LogP contribution < -0.4 is 10.5 Å². The molecule has 2 N–H and O–H groups in total. The Hall–Kier alpha value is -1.27. The van der Waals surface area contributed by atoms with Crippen LogP contribution in [0.2, 0.25) is 15.2 Å². The lowest BCUT2D eigenvalue weighted by Crippen LogP contribution is -2.15. The second kappa shape index (κ2) is 6.69. The van der Waals surface area contributed by atoms with Gasteiger partial charge < -0.3 is 15.2 Å². The Morgan fingerprint density at radius 3 is 2.52 bits per heavy atom. The summed E-state index contributed by atoms with van der Waals surface area (Å²) in [4.78, 5) is 0. The minimum atomic E-state index is -0.124. The molecule has 1 aliphatic rings. The van der Waals surface area contributed by atoms with Gasteiger partial charge >= 0.3 is 0 Å². The Morgan fingerprint density at radius 1 is 1.17 bits per heavy atom. The summed E-state index contributed by atoms with van der Waals surface area (Å²) in [5, 5.41) is 8.95. The molecule has 8 heteroatoms. The average Bonchev–Trinajstić information content (AvgIpc) is 2.52. The van der Waals surface area contributed by atoms with Crippen molar-refractivity contribution in [3.63, 3.8) is 0 Å². The van der Waals surface area contributed by atoms with Gasteiger partial charge in [-0.25, -0.2) is 0 Å². The van der Waals surface area contributed by atoms with E-state index in [1.807, 2.05) is 0 Å². The Bertz CT molecular complexity index is 732. The first-order chi connectivity index (χ1) is 11.0. The number of hydrogen-bond donors (Lipinski definition) is 1. The zero-order valence-corrected chi connectivity index (χ0v) is 14.5. The van der Waals surface area contributed by atoms with Gasteiger partial charge in [-0.3, -0.25) is 0 Å². The lowest BCUT2D eigenvalue weighted by molar-refractivity contribution is 0.0871. The van der Waals surface area contributed by atoms with E-state index in [0.717, 1.165) is 30.4 Å². The molecule has 1 aromatic carbocycles. The number of methoxy groups -OCH3 is 1. The van der Waals surface area contributed by atoms with Crippen LogP contribution in [0.25, 0.3) is 0 Å². The highest BCUT2D eigenvalue weighted by atomic mass is 35.5. The molecule has 1 aliphatic carbocycles.